The standard InChI is InChI=1S/C26H20FN3O5S.2C25H20FN3O5S.C24H18ClN3O5S/c27-19-6-2-1-4-16(19)14-30-20-10-7-15-11-13-35-24(15)22(20)21(18-5-3-12-28-25(18)31)23(30)26(32)29-36(33,34)17-8-9-17;1-14-5-3-6-16(21(14)26)13-29-18-9-8-15-10-12-34-23(15)20(18)19(17-7-4-11-27-24(17)30)22(29)25(31)28-35(2,32)33;1-2-35(32,33)28-25(31)22-20(17-7-5-12-27-24(17)30)21-19(10-9-15-11-13-34-23(15)21)29(22)14-16-6-3-4-8-18(16)26;1-34(31,32)27-24(30)21-19(16-6-4-11-26-23(16)29)20-18(9-8-14-10-12-33-22(14)20)28(21)13-15-5-2-3-7-17(15)25/h1-7,10-13,17H,8-9,14H2,(H,28,31)(H,29,32);3-12H,13H2,1-2H3,(H,27,30)(H,28,31);3-13H,2,14H2,1H3,(H,27,30)(H,28,31);2-12H,13H2,1H3,(H,26,29)(H,27,30). The fourth-order valence-electron chi connectivity index (χ4n) is 17.3. The summed E-state index contributed by atoms with van der Waals surface area (Å²) in [7, 11) is -15.7. The minimum absolute atomic E-state index is 0.000875. The minimum atomic E-state index is -3.95. The maximum Gasteiger partial charge on any atom is 0.282 e. The second-order valence-corrected chi connectivity index (χ2v) is 40.7. The number of aryl methyl sites for hydroxylation is 1. The number of rotatable bonds is 22. The molecule has 0 radical (unpaired) electrons. The second-order valence-electron chi connectivity index (χ2n) is 32.8. The van der Waals surface area contributed by atoms with E-state index < -0.39 is 109 Å². The molecule has 40 heteroatoms. The number of nitrogens with one attached hydrogen (secondary N) is 8. The van der Waals surface area contributed by atoms with Gasteiger partial charge >= 0.3 is 0 Å². The van der Waals surface area contributed by atoms with Crippen LogP contribution in [0.2, 0.25) is 5.02 Å². The van der Waals surface area contributed by atoms with Crippen molar-refractivity contribution in [1.29, 1.82) is 0 Å². The highest BCUT2D eigenvalue weighted by Gasteiger charge is 2.40. The summed E-state index contributed by atoms with van der Waals surface area (Å²) in [6.07, 6.45) is 14.5. The number of sulfonamides is 4. The number of nitrogens with zero attached hydrogens (tertiary/aromatic N) is 4. The molecule has 12 heterocycles. The SMILES string of the molecule is CCS(=O)(=O)NC(=O)c1c(-c2ccc[nH]c2=O)c2c3occc3ccc2n1Cc1ccccc1F.CS(=O)(=O)NC(=O)c1c(-c2ccc[nH]c2=O)c2c3occc3ccc2n1Cc1ccccc1Cl.Cc1cccc(Cn2c(C(=O)NS(C)(=O)=O)c(-c3ccc[nH]c3=O)c3c4occc4ccc32)c1F.O=C(NS(=O)(=O)C1CC1)c1c(-c2ccc[nH]c2=O)c2c3occc3ccc2n1Cc1ccccc1F. The van der Waals surface area contributed by atoms with Crippen molar-refractivity contribution in [2.75, 3.05) is 18.3 Å². The van der Waals surface area contributed by atoms with Gasteiger partial charge in [-0.2, -0.15) is 0 Å². The number of fused-ring (bicyclic) bond motifs is 12. The van der Waals surface area contributed by atoms with E-state index in [4.69, 9.17) is 29.3 Å². The van der Waals surface area contributed by atoms with Gasteiger partial charge in [0.05, 0.1) is 134 Å². The predicted octanol–water partition coefficient (Wildman–Crippen LogP) is 16.2. The van der Waals surface area contributed by atoms with E-state index in [2.05, 4.69) is 29.4 Å². The van der Waals surface area contributed by atoms with Crippen LogP contribution in [0.25, 0.3) is 132 Å². The van der Waals surface area contributed by atoms with Gasteiger partial charge in [0.2, 0.25) is 40.1 Å². The van der Waals surface area contributed by atoms with Crippen LogP contribution in [0.4, 0.5) is 13.2 Å². The van der Waals surface area contributed by atoms with Crippen LogP contribution in [-0.4, -0.2) is 119 Å². The van der Waals surface area contributed by atoms with Crippen molar-refractivity contribution in [2.24, 2.45) is 0 Å². The average molecular weight is 1990 g/mol. The number of aromatic nitrogens is 8. The summed E-state index contributed by atoms with van der Waals surface area (Å²) in [5.74, 6) is -5.38. The molecular formula is C100H78ClF3N12O20S4. The van der Waals surface area contributed by atoms with Gasteiger partial charge in [0.1, 0.15) is 62.6 Å². The molecule has 4 amide bonds. The highest BCUT2D eigenvalue weighted by atomic mass is 35.5. The second kappa shape index (κ2) is 37.6. The summed E-state index contributed by atoms with van der Waals surface area (Å²) in [4.78, 5) is 116. The Morgan fingerprint density at radius 1 is 0.371 bits per heavy atom. The molecule has 710 valence electrons. The summed E-state index contributed by atoms with van der Waals surface area (Å²) in [5.41, 5.74) is 5.16. The van der Waals surface area contributed by atoms with Crippen LogP contribution in [0, 0.1) is 24.4 Å². The van der Waals surface area contributed by atoms with Crippen LogP contribution >= 0.6 is 11.6 Å². The molecule has 1 saturated carbocycles. The van der Waals surface area contributed by atoms with Gasteiger partial charge in [0.15, 0.2) is 0 Å². The zero-order valence-corrected chi connectivity index (χ0v) is 78.0. The molecule has 32 nitrogen and oxygen atoms in total. The molecule has 8 N–H and O–H groups in total. The fraction of sp³-hybridized carbons (Fsp3) is 0.120. The quantitative estimate of drug-likeness (QED) is 0.0312. The molecule has 12 aromatic heterocycles. The third-order valence-electron chi connectivity index (χ3n) is 23.6. The molecule has 0 spiro atoms. The number of H-pyrrole nitrogens is 4. The van der Waals surface area contributed by atoms with Gasteiger partial charge in [-0.25, -0.2) is 65.7 Å². The third-order valence-corrected chi connectivity index (χ3v) is 28.2. The first-order valence-electron chi connectivity index (χ1n) is 43.0. The van der Waals surface area contributed by atoms with Gasteiger partial charge in [-0.1, -0.05) is 84.4 Å². The molecule has 0 bridgehead atoms. The fourth-order valence-corrected chi connectivity index (χ4v) is 20.2. The summed E-state index contributed by atoms with van der Waals surface area (Å²) in [6.45, 7) is 2.93. The van der Waals surface area contributed by atoms with Crippen LogP contribution in [0.15, 0.2) is 299 Å². The molecule has 21 rings (SSSR count). The highest BCUT2D eigenvalue weighted by molar-refractivity contribution is 7.91. The molecule has 1 aliphatic carbocycles. The smallest absolute Gasteiger partial charge is 0.282 e. The van der Waals surface area contributed by atoms with Crippen LogP contribution in [-0.2, 0) is 66.3 Å². The summed E-state index contributed by atoms with van der Waals surface area (Å²) in [5, 5.41) is 4.66. The van der Waals surface area contributed by atoms with E-state index >= 15 is 4.39 Å². The average Bonchev–Trinajstić information content (AvgIpc) is 1.58. The van der Waals surface area contributed by atoms with Crippen LogP contribution in [0.1, 0.15) is 89.5 Å². The van der Waals surface area contributed by atoms with E-state index in [9.17, 15) is 80.8 Å². The maximum absolute atomic E-state index is 15.0. The van der Waals surface area contributed by atoms with Crippen LogP contribution in [0.3, 0.4) is 0 Å². The minimum Gasteiger partial charge on any atom is -0.464 e. The van der Waals surface area contributed by atoms with E-state index in [1.807, 2.05) is 33.7 Å². The molecular weight excluding hydrogens is 1910 g/mol. The molecule has 140 heavy (non-hydrogen) atoms. The number of hydrogen-bond donors (Lipinski definition) is 8. The van der Waals surface area contributed by atoms with E-state index in [0.717, 1.165) is 34.1 Å². The molecule has 1 aliphatic rings. The normalized spacial score (nSPS) is 12.4. The van der Waals surface area contributed by atoms with Gasteiger partial charge in [0, 0.05) is 96.8 Å². The van der Waals surface area contributed by atoms with Crippen molar-refractivity contribution in [3.63, 3.8) is 0 Å². The Hall–Kier alpha value is -16.4. The Morgan fingerprint density at radius 3 is 0.986 bits per heavy atom. The first kappa shape index (κ1) is 94.0. The molecule has 0 aliphatic heterocycles. The number of pyridine rings is 4. The van der Waals surface area contributed by atoms with Gasteiger partial charge < -0.3 is 55.9 Å². The Kier molecular flexibility index (Phi) is 25.3. The number of carbonyl (C=O) groups excluding carboxylic acids is 4. The van der Waals surface area contributed by atoms with Gasteiger partial charge in [-0.05, 0) is 177 Å². The number of amides is 4. The van der Waals surface area contributed by atoms with Crippen LogP contribution in [0.5, 0.6) is 0 Å². The number of carbonyl (C=O) groups is 4. The molecule has 0 atom stereocenters. The molecule has 1 fully saturated rings. The number of aromatic amines is 4. The monoisotopic (exact) mass is 1990 g/mol. The van der Waals surface area contributed by atoms with Gasteiger partial charge in [-0.3, -0.25) is 38.4 Å². The molecule has 20 aromatic rings. The molecule has 8 aromatic carbocycles. The lowest BCUT2D eigenvalue weighted by molar-refractivity contribution is 0.0965. The summed E-state index contributed by atoms with van der Waals surface area (Å²) < 4.78 is 180. The Balaban J connectivity index is 0.000000124. The Labute approximate surface area is 795 Å². The van der Waals surface area contributed by atoms with Gasteiger partial charge in [-0.15, -0.1) is 0 Å². The first-order valence-corrected chi connectivity index (χ1v) is 50.3. The Bertz CT molecular complexity index is 9200. The lowest BCUT2D eigenvalue weighted by Gasteiger charge is -2.13. The van der Waals surface area contributed by atoms with E-state index in [1.54, 1.807) is 175 Å². The topological polar surface area (TPSA) is 457 Å². The third kappa shape index (κ3) is 18.3. The van der Waals surface area contributed by atoms with E-state index in [0.29, 0.717) is 106 Å². The lowest BCUT2D eigenvalue weighted by Crippen LogP contribution is -2.35. The first-order chi connectivity index (χ1) is 67.0. The Morgan fingerprint density at radius 2 is 0.671 bits per heavy atom. The highest BCUT2D eigenvalue weighted by Crippen LogP contribution is 2.46. The van der Waals surface area contributed by atoms with Crippen LogP contribution < -0.4 is 41.1 Å². The zero-order valence-electron chi connectivity index (χ0n) is 74.0. The van der Waals surface area contributed by atoms with E-state index in [-0.39, 0.29) is 105 Å². The molecule has 0 saturated heterocycles. The summed E-state index contributed by atoms with van der Waals surface area (Å²) >= 11 is 6.41. The van der Waals surface area contributed by atoms with Crippen molar-refractivity contribution in [3.05, 3.63) is 377 Å². The van der Waals surface area contributed by atoms with Gasteiger partial charge in [0.25, 0.3) is 45.9 Å². The number of halogens is 4. The van der Waals surface area contributed by atoms with E-state index in [1.165, 1.54) is 94.7 Å². The predicted molar refractivity (Wildman–Crippen MR) is 524 cm³/mol. The van der Waals surface area contributed by atoms with Crippen molar-refractivity contribution < 1.29 is 83.7 Å². The summed E-state index contributed by atoms with van der Waals surface area (Å²) in [6, 6.07) is 58.1. The molecule has 0 unspecified atom stereocenters. The zero-order chi connectivity index (χ0) is 98.7. The number of furan rings is 4. The van der Waals surface area contributed by atoms with Crippen molar-refractivity contribution in [3.8, 4) is 44.5 Å². The lowest BCUT2D eigenvalue weighted by atomic mass is 10.0. The maximum atomic E-state index is 15.0. The number of hydrogen-bond acceptors (Lipinski definition) is 20. The van der Waals surface area contributed by atoms with Crippen molar-refractivity contribution >= 4 is 163 Å². The largest absolute Gasteiger partial charge is 0.464 e. The van der Waals surface area contributed by atoms with Crippen molar-refractivity contribution in [1.82, 2.24) is 57.1 Å². The van der Waals surface area contributed by atoms with Crippen molar-refractivity contribution in [2.45, 2.75) is 58.1 Å². The number of benzene rings is 8.